The van der Waals surface area contributed by atoms with Gasteiger partial charge in [-0.2, -0.15) is 0 Å². The number of aryl methyl sites for hydroxylation is 2. The Bertz CT molecular complexity index is 678. The number of aromatic nitrogens is 1. The summed E-state index contributed by atoms with van der Waals surface area (Å²) in [4.78, 5) is 14.2. The summed E-state index contributed by atoms with van der Waals surface area (Å²) < 4.78 is 5.10. The fourth-order valence-electron chi connectivity index (χ4n) is 2.30. The van der Waals surface area contributed by atoms with E-state index in [1.807, 2.05) is 26.8 Å². The molecule has 0 spiro atoms. The Morgan fingerprint density at radius 3 is 2.59 bits per heavy atom. The molecule has 0 aliphatic heterocycles. The average molecular weight is 341 g/mol. The summed E-state index contributed by atoms with van der Waals surface area (Å²) in [6, 6.07) is 5.14. The fourth-order valence-corrected chi connectivity index (χ4v) is 2.86. The highest BCUT2D eigenvalue weighted by Gasteiger charge is 2.22. The van der Waals surface area contributed by atoms with Gasteiger partial charge in [-0.15, -0.1) is 0 Å². The van der Waals surface area contributed by atoms with E-state index in [9.17, 15) is 4.79 Å². The van der Waals surface area contributed by atoms with Crippen LogP contribution >= 0.6 is 23.2 Å². The summed E-state index contributed by atoms with van der Waals surface area (Å²) in [7, 11) is 1.76. The molecule has 1 aromatic heterocycles. The van der Waals surface area contributed by atoms with Crippen LogP contribution < -0.4 is 0 Å². The predicted molar refractivity (Wildman–Crippen MR) is 87.3 cm³/mol. The summed E-state index contributed by atoms with van der Waals surface area (Å²) in [6.07, 6.45) is 0.257. The minimum absolute atomic E-state index is 0.0204. The van der Waals surface area contributed by atoms with Crippen LogP contribution in [0.1, 0.15) is 35.5 Å². The van der Waals surface area contributed by atoms with Gasteiger partial charge in [0, 0.05) is 22.7 Å². The van der Waals surface area contributed by atoms with E-state index >= 15 is 0 Å². The topological polar surface area (TPSA) is 46.3 Å². The van der Waals surface area contributed by atoms with Gasteiger partial charge >= 0.3 is 0 Å². The summed E-state index contributed by atoms with van der Waals surface area (Å²) in [6.45, 7) is 5.57. The maximum atomic E-state index is 12.5. The minimum Gasteiger partial charge on any atom is -0.361 e. The van der Waals surface area contributed by atoms with Crippen LogP contribution in [0.15, 0.2) is 22.7 Å². The third kappa shape index (κ3) is 3.45. The molecule has 22 heavy (non-hydrogen) atoms. The molecule has 2 aromatic rings. The Hall–Kier alpha value is -1.52. The standard InChI is InChI=1S/C16H18Cl2N2O2/c1-9-14(11(3)22-19-9)8-16(21)20(4)10(2)13-6-5-12(17)7-15(13)18/h5-7,10H,8H2,1-4H3. The molecule has 6 heteroatoms. The predicted octanol–water partition coefficient (Wildman–Crippen LogP) is 4.36. The minimum atomic E-state index is -0.155. The van der Waals surface area contributed by atoms with Gasteiger partial charge in [-0.3, -0.25) is 4.79 Å². The van der Waals surface area contributed by atoms with Crippen LogP contribution in [0.2, 0.25) is 10.0 Å². The molecule has 118 valence electrons. The van der Waals surface area contributed by atoms with Crippen LogP contribution in [-0.4, -0.2) is 23.0 Å². The molecule has 1 atom stereocenters. The lowest BCUT2D eigenvalue weighted by Gasteiger charge is -2.26. The van der Waals surface area contributed by atoms with Crippen molar-refractivity contribution in [1.82, 2.24) is 10.1 Å². The summed E-state index contributed by atoms with van der Waals surface area (Å²) in [5.74, 6) is 0.657. The molecule has 0 N–H and O–H groups in total. The number of halogens is 2. The zero-order valence-corrected chi connectivity index (χ0v) is 14.5. The summed E-state index contributed by atoms with van der Waals surface area (Å²) in [5.41, 5.74) is 2.45. The van der Waals surface area contributed by atoms with Gasteiger partial charge in [0.05, 0.1) is 18.2 Å². The summed E-state index contributed by atoms with van der Waals surface area (Å²) in [5, 5.41) is 5.00. The monoisotopic (exact) mass is 340 g/mol. The molecule has 2 rings (SSSR count). The molecule has 1 unspecified atom stereocenters. The fraction of sp³-hybridized carbons (Fsp3) is 0.375. The van der Waals surface area contributed by atoms with E-state index in [0.29, 0.717) is 15.8 Å². The lowest BCUT2D eigenvalue weighted by Crippen LogP contribution is -2.31. The molecule has 1 heterocycles. The van der Waals surface area contributed by atoms with Crippen molar-refractivity contribution in [2.75, 3.05) is 7.05 Å². The van der Waals surface area contributed by atoms with Gasteiger partial charge in [-0.25, -0.2) is 0 Å². The van der Waals surface area contributed by atoms with Gasteiger partial charge in [-0.1, -0.05) is 34.4 Å². The highest BCUT2D eigenvalue weighted by Crippen LogP contribution is 2.29. The van der Waals surface area contributed by atoms with E-state index in [1.165, 1.54) is 0 Å². The van der Waals surface area contributed by atoms with Crippen LogP contribution in [-0.2, 0) is 11.2 Å². The highest BCUT2D eigenvalue weighted by atomic mass is 35.5. The maximum absolute atomic E-state index is 12.5. The number of rotatable bonds is 4. The van der Waals surface area contributed by atoms with Gasteiger partial charge in [0.15, 0.2) is 0 Å². The SMILES string of the molecule is Cc1noc(C)c1CC(=O)N(C)C(C)c1ccc(Cl)cc1Cl. The molecule has 0 bridgehead atoms. The van der Waals surface area contributed by atoms with Crippen LogP contribution in [0.4, 0.5) is 0 Å². The number of likely N-dealkylation sites (N-methyl/N-ethyl adjacent to an activating group) is 1. The van der Waals surface area contributed by atoms with E-state index in [0.717, 1.165) is 16.8 Å². The Labute approximate surface area is 140 Å². The van der Waals surface area contributed by atoms with Crippen LogP contribution in [0.25, 0.3) is 0 Å². The Kier molecular flexibility index (Phi) is 5.14. The van der Waals surface area contributed by atoms with Gasteiger partial charge in [0.2, 0.25) is 5.91 Å². The van der Waals surface area contributed by atoms with Crippen molar-refractivity contribution in [2.24, 2.45) is 0 Å². The first kappa shape index (κ1) is 16.8. The van der Waals surface area contributed by atoms with Crippen molar-refractivity contribution < 1.29 is 9.32 Å². The van der Waals surface area contributed by atoms with E-state index in [1.54, 1.807) is 24.1 Å². The third-order valence-electron chi connectivity index (χ3n) is 3.90. The number of benzene rings is 1. The average Bonchev–Trinajstić information content (AvgIpc) is 2.77. The first-order chi connectivity index (χ1) is 10.3. The van der Waals surface area contributed by atoms with Crippen molar-refractivity contribution in [2.45, 2.75) is 33.2 Å². The van der Waals surface area contributed by atoms with Crippen molar-refractivity contribution >= 4 is 29.1 Å². The smallest absolute Gasteiger partial charge is 0.227 e. The molecule has 4 nitrogen and oxygen atoms in total. The normalized spacial score (nSPS) is 12.3. The van der Waals surface area contributed by atoms with Gasteiger partial charge < -0.3 is 9.42 Å². The molecular formula is C16H18Cl2N2O2. The van der Waals surface area contributed by atoms with Gasteiger partial charge in [-0.05, 0) is 38.5 Å². The lowest BCUT2D eigenvalue weighted by molar-refractivity contribution is -0.131. The third-order valence-corrected chi connectivity index (χ3v) is 4.46. The van der Waals surface area contributed by atoms with E-state index in [-0.39, 0.29) is 18.4 Å². The van der Waals surface area contributed by atoms with Crippen LogP contribution in [0.5, 0.6) is 0 Å². The lowest BCUT2D eigenvalue weighted by atomic mass is 10.1. The highest BCUT2D eigenvalue weighted by molar-refractivity contribution is 6.35. The Morgan fingerprint density at radius 1 is 1.36 bits per heavy atom. The van der Waals surface area contributed by atoms with Crippen molar-refractivity contribution in [3.05, 3.63) is 50.8 Å². The molecule has 0 saturated heterocycles. The number of hydrogen-bond acceptors (Lipinski definition) is 3. The van der Waals surface area contributed by atoms with Gasteiger partial charge in [0.25, 0.3) is 0 Å². The maximum Gasteiger partial charge on any atom is 0.227 e. The van der Waals surface area contributed by atoms with E-state index in [4.69, 9.17) is 27.7 Å². The first-order valence-electron chi connectivity index (χ1n) is 6.93. The molecule has 0 aliphatic rings. The number of amides is 1. The number of carbonyl (C=O) groups excluding carboxylic acids is 1. The van der Waals surface area contributed by atoms with Crippen molar-refractivity contribution in [1.29, 1.82) is 0 Å². The summed E-state index contributed by atoms with van der Waals surface area (Å²) >= 11 is 12.1. The quantitative estimate of drug-likeness (QED) is 0.830. The second kappa shape index (κ2) is 6.71. The number of nitrogens with zero attached hydrogens (tertiary/aromatic N) is 2. The Balaban J connectivity index is 2.16. The molecule has 0 fully saturated rings. The van der Waals surface area contributed by atoms with E-state index in [2.05, 4.69) is 5.16 Å². The molecular weight excluding hydrogens is 323 g/mol. The van der Waals surface area contributed by atoms with Gasteiger partial charge in [0.1, 0.15) is 5.76 Å². The largest absolute Gasteiger partial charge is 0.361 e. The molecule has 0 saturated carbocycles. The van der Waals surface area contributed by atoms with Crippen LogP contribution in [0.3, 0.4) is 0 Å². The number of carbonyl (C=O) groups is 1. The molecule has 0 radical (unpaired) electrons. The number of hydrogen-bond donors (Lipinski definition) is 0. The van der Waals surface area contributed by atoms with E-state index < -0.39 is 0 Å². The zero-order chi connectivity index (χ0) is 16.4. The Morgan fingerprint density at radius 2 is 2.05 bits per heavy atom. The molecule has 0 aliphatic carbocycles. The zero-order valence-electron chi connectivity index (χ0n) is 13.0. The second-order valence-electron chi connectivity index (χ2n) is 5.33. The second-order valence-corrected chi connectivity index (χ2v) is 6.17. The molecule has 1 amide bonds. The first-order valence-corrected chi connectivity index (χ1v) is 7.69. The molecule has 1 aromatic carbocycles. The van der Waals surface area contributed by atoms with Crippen molar-refractivity contribution in [3.8, 4) is 0 Å². The van der Waals surface area contributed by atoms with Crippen molar-refractivity contribution in [3.63, 3.8) is 0 Å². The van der Waals surface area contributed by atoms with Crippen LogP contribution in [0, 0.1) is 13.8 Å².